The van der Waals surface area contributed by atoms with Gasteiger partial charge in [0.1, 0.15) is 18.2 Å². The predicted octanol–water partition coefficient (Wildman–Crippen LogP) is 3.29. The maximum Gasteiger partial charge on any atom is 0.222 e. The van der Waals surface area contributed by atoms with Gasteiger partial charge in [0, 0.05) is 13.1 Å². The highest BCUT2D eigenvalue weighted by molar-refractivity contribution is 5.78. The van der Waals surface area contributed by atoms with Gasteiger partial charge in [0.2, 0.25) is 5.91 Å². The molecule has 1 aliphatic rings. The van der Waals surface area contributed by atoms with Gasteiger partial charge in [-0.1, -0.05) is 30.3 Å². The van der Waals surface area contributed by atoms with Crippen LogP contribution in [0.3, 0.4) is 0 Å². The van der Waals surface area contributed by atoms with Crippen LogP contribution in [-0.2, 0) is 11.3 Å². The number of halogens is 1. The van der Waals surface area contributed by atoms with Crippen molar-refractivity contribution in [2.45, 2.75) is 19.0 Å². The summed E-state index contributed by atoms with van der Waals surface area (Å²) in [5.74, 6) is 0.496. The van der Waals surface area contributed by atoms with Gasteiger partial charge in [0.05, 0.1) is 18.2 Å². The fourth-order valence-corrected chi connectivity index (χ4v) is 2.93. The topological polar surface area (TPSA) is 41.6 Å². The summed E-state index contributed by atoms with van der Waals surface area (Å²) in [6.45, 7) is 5.07. The van der Waals surface area contributed by atoms with Crippen LogP contribution in [0.1, 0.15) is 12.0 Å². The minimum atomic E-state index is -0.258. The van der Waals surface area contributed by atoms with Crippen molar-refractivity contribution in [1.29, 1.82) is 0 Å². The van der Waals surface area contributed by atoms with Crippen LogP contribution < -0.4 is 15.0 Å². The minimum Gasteiger partial charge on any atom is -0.489 e. The van der Waals surface area contributed by atoms with Crippen molar-refractivity contribution in [1.82, 2.24) is 5.32 Å². The summed E-state index contributed by atoms with van der Waals surface area (Å²) >= 11 is 0. The van der Waals surface area contributed by atoms with E-state index in [1.807, 2.05) is 24.3 Å². The Morgan fingerprint density at radius 1 is 1.28 bits per heavy atom. The van der Waals surface area contributed by atoms with Crippen molar-refractivity contribution in [3.63, 3.8) is 0 Å². The molecule has 1 amide bonds. The number of amides is 1. The molecule has 1 atom stereocenters. The first-order chi connectivity index (χ1) is 12.2. The SMILES string of the molecule is C=CCNC(=O)C[C@H]1COc2ccccc2N1Cc1ccc(F)cc1. The summed E-state index contributed by atoms with van der Waals surface area (Å²) in [6.07, 6.45) is 1.98. The van der Waals surface area contributed by atoms with Gasteiger partial charge in [-0.3, -0.25) is 4.79 Å². The zero-order valence-electron chi connectivity index (χ0n) is 14.0. The molecular weight excluding hydrogens is 319 g/mol. The highest BCUT2D eigenvalue weighted by Crippen LogP contribution is 2.35. The zero-order valence-corrected chi connectivity index (χ0v) is 14.0. The fourth-order valence-electron chi connectivity index (χ4n) is 2.93. The molecular formula is C20H21FN2O2. The predicted molar refractivity (Wildman–Crippen MR) is 96.1 cm³/mol. The molecule has 3 rings (SSSR count). The van der Waals surface area contributed by atoms with E-state index in [1.54, 1.807) is 18.2 Å². The van der Waals surface area contributed by atoms with Crippen LogP contribution in [0.15, 0.2) is 61.2 Å². The molecule has 4 nitrogen and oxygen atoms in total. The number of anilines is 1. The molecule has 130 valence electrons. The molecule has 0 radical (unpaired) electrons. The summed E-state index contributed by atoms with van der Waals surface area (Å²) in [4.78, 5) is 14.3. The molecule has 0 saturated carbocycles. The number of ether oxygens (including phenoxy) is 1. The van der Waals surface area contributed by atoms with Crippen LogP contribution in [-0.4, -0.2) is 25.1 Å². The maximum atomic E-state index is 13.2. The van der Waals surface area contributed by atoms with E-state index in [4.69, 9.17) is 4.74 Å². The van der Waals surface area contributed by atoms with Crippen molar-refractivity contribution in [3.8, 4) is 5.75 Å². The molecule has 1 aliphatic heterocycles. The van der Waals surface area contributed by atoms with Gasteiger partial charge in [-0.15, -0.1) is 6.58 Å². The van der Waals surface area contributed by atoms with Crippen LogP contribution in [0.5, 0.6) is 5.75 Å². The van der Waals surface area contributed by atoms with Gasteiger partial charge < -0.3 is 15.0 Å². The van der Waals surface area contributed by atoms with Gasteiger partial charge in [-0.25, -0.2) is 4.39 Å². The van der Waals surface area contributed by atoms with Gasteiger partial charge in [0.25, 0.3) is 0 Å². The van der Waals surface area contributed by atoms with E-state index < -0.39 is 0 Å². The van der Waals surface area contributed by atoms with E-state index in [-0.39, 0.29) is 17.8 Å². The molecule has 0 aliphatic carbocycles. The number of benzene rings is 2. The minimum absolute atomic E-state index is 0.0445. The molecule has 1 heterocycles. The van der Waals surface area contributed by atoms with Crippen molar-refractivity contribution < 1.29 is 13.9 Å². The molecule has 0 spiro atoms. The molecule has 2 aromatic carbocycles. The van der Waals surface area contributed by atoms with E-state index in [1.165, 1.54) is 12.1 Å². The summed E-state index contributed by atoms with van der Waals surface area (Å²) in [6, 6.07) is 14.1. The van der Waals surface area contributed by atoms with Gasteiger partial charge in [-0.2, -0.15) is 0 Å². The van der Waals surface area contributed by atoms with Crippen LogP contribution in [0, 0.1) is 5.82 Å². The van der Waals surface area contributed by atoms with Crippen molar-refractivity contribution in [3.05, 3.63) is 72.6 Å². The number of carbonyl (C=O) groups is 1. The lowest BCUT2D eigenvalue weighted by atomic mass is 10.1. The van der Waals surface area contributed by atoms with Crippen LogP contribution >= 0.6 is 0 Å². The second kappa shape index (κ2) is 7.83. The molecule has 0 aromatic heterocycles. The van der Waals surface area contributed by atoms with Crippen molar-refractivity contribution in [2.24, 2.45) is 0 Å². The van der Waals surface area contributed by atoms with Crippen LogP contribution in [0.25, 0.3) is 0 Å². The Morgan fingerprint density at radius 2 is 2.04 bits per heavy atom. The molecule has 0 bridgehead atoms. The normalized spacial score (nSPS) is 15.9. The van der Waals surface area contributed by atoms with Gasteiger partial charge >= 0.3 is 0 Å². The molecule has 0 saturated heterocycles. The lowest BCUT2D eigenvalue weighted by molar-refractivity contribution is -0.121. The van der Waals surface area contributed by atoms with E-state index in [9.17, 15) is 9.18 Å². The van der Waals surface area contributed by atoms with Crippen molar-refractivity contribution >= 4 is 11.6 Å². The average molecular weight is 340 g/mol. The second-order valence-corrected chi connectivity index (χ2v) is 5.98. The van der Waals surface area contributed by atoms with E-state index in [2.05, 4.69) is 16.8 Å². The number of hydrogen-bond donors (Lipinski definition) is 1. The first-order valence-corrected chi connectivity index (χ1v) is 8.28. The first-order valence-electron chi connectivity index (χ1n) is 8.28. The number of para-hydroxylation sites is 2. The molecule has 0 fully saturated rings. The Bertz CT molecular complexity index is 746. The summed E-state index contributed by atoms with van der Waals surface area (Å²) in [7, 11) is 0. The largest absolute Gasteiger partial charge is 0.489 e. The Kier molecular flexibility index (Phi) is 5.33. The van der Waals surface area contributed by atoms with Gasteiger partial charge in [-0.05, 0) is 29.8 Å². The highest BCUT2D eigenvalue weighted by Gasteiger charge is 2.29. The Morgan fingerprint density at radius 3 is 2.80 bits per heavy atom. The highest BCUT2D eigenvalue weighted by atomic mass is 19.1. The smallest absolute Gasteiger partial charge is 0.222 e. The number of hydrogen-bond acceptors (Lipinski definition) is 3. The summed E-state index contributed by atoms with van der Waals surface area (Å²) < 4.78 is 19.0. The quantitative estimate of drug-likeness (QED) is 0.821. The van der Waals surface area contributed by atoms with E-state index >= 15 is 0 Å². The molecule has 2 aromatic rings. The van der Waals surface area contributed by atoms with Crippen LogP contribution in [0.2, 0.25) is 0 Å². The third kappa shape index (κ3) is 4.18. The van der Waals surface area contributed by atoms with E-state index in [0.717, 1.165) is 17.0 Å². The zero-order chi connectivity index (χ0) is 17.6. The summed E-state index contributed by atoms with van der Waals surface area (Å²) in [5.41, 5.74) is 1.93. The number of fused-ring (bicyclic) bond motifs is 1. The molecule has 5 heteroatoms. The molecule has 1 N–H and O–H groups in total. The summed E-state index contributed by atoms with van der Waals surface area (Å²) in [5, 5.41) is 2.81. The number of carbonyl (C=O) groups excluding carboxylic acids is 1. The Labute approximate surface area is 146 Å². The molecule has 0 unspecified atom stereocenters. The third-order valence-electron chi connectivity index (χ3n) is 4.18. The third-order valence-corrected chi connectivity index (χ3v) is 4.18. The lowest BCUT2D eigenvalue weighted by Crippen LogP contribution is -2.45. The monoisotopic (exact) mass is 340 g/mol. The number of nitrogens with one attached hydrogen (secondary N) is 1. The standard InChI is InChI=1S/C20H21FN2O2/c1-2-11-22-20(24)12-17-14-25-19-6-4-3-5-18(19)23(17)13-15-7-9-16(21)10-8-15/h2-10,17H,1,11-14H2,(H,22,24)/t17-/m0/s1. The van der Waals surface area contributed by atoms with E-state index in [0.29, 0.717) is 26.1 Å². The fraction of sp³-hybridized carbons (Fsp3) is 0.250. The number of nitrogens with zero attached hydrogens (tertiary/aromatic N) is 1. The van der Waals surface area contributed by atoms with Gasteiger partial charge in [0.15, 0.2) is 0 Å². The Balaban J connectivity index is 1.82. The van der Waals surface area contributed by atoms with Crippen molar-refractivity contribution in [2.75, 3.05) is 18.1 Å². The first kappa shape index (κ1) is 17.0. The Hall–Kier alpha value is -2.82. The average Bonchev–Trinajstić information content (AvgIpc) is 2.63. The maximum absolute atomic E-state index is 13.2. The van der Waals surface area contributed by atoms with Crippen LogP contribution in [0.4, 0.5) is 10.1 Å². The second-order valence-electron chi connectivity index (χ2n) is 5.98. The number of rotatable bonds is 6. The lowest BCUT2D eigenvalue weighted by Gasteiger charge is -2.38. The molecule has 25 heavy (non-hydrogen) atoms.